The van der Waals surface area contributed by atoms with Gasteiger partial charge in [-0.05, 0) is 25.5 Å². The molecule has 4 aromatic heterocycles. The molecule has 6 rings (SSSR count). The lowest BCUT2D eigenvalue weighted by Gasteiger charge is -2.35. The van der Waals surface area contributed by atoms with Crippen molar-refractivity contribution in [2.45, 2.75) is 25.6 Å². The number of H-pyrrole nitrogens is 1. The van der Waals surface area contributed by atoms with E-state index in [2.05, 4.69) is 43.1 Å². The molecule has 194 valence electrons. The van der Waals surface area contributed by atoms with E-state index in [-0.39, 0.29) is 6.04 Å². The zero-order valence-electron chi connectivity index (χ0n) is 19.7. The topological polar surface area (TPSA) is 125 Å². The molecule has 2 aliphatic heterocycles. The number of carbonyl (C=O) groups is 1. The molecule has 1 fully saturated rings. The summed E-state index contributed by atoms with van der Waals surface area (Å²) in [7, 11) is 0. The number of aromatic amines is 1. The lowest BCUT2D eigenvalue weighted by molar-refractivity contribution is -0.192. The summed E-state index contributed by atoms with van der Waals surface area (Å²) in [6.07, 6.45) is 3.26. The second kappa shape index (κ2) is 9.69. The Labute approximate surface area is 208 Å². The van der Waals surface area contributed by atoms with Gasteiger partial charge in [0.15, 0.2) is 11.5 Å². The molecule has 11 nitrogen and oxygen atoms in total. The van der Waals surface area contributed by atoms with Crippen molar-refractivity contribution in [1.82, 2.24) is 29.9 Å². The molecule has 0 bridgehead atoms. The zero-order chi connectivity index (χ0) is 26.2. The summed E-state index contributed by atoms with van der Waals surface area (Å²) >= 11 is 0. The number of hydrogen-bond donors (Lipinski definition) is 2. The maximum atomic E-state index is 10.6. The molecule has 4 aromatic rings. The monoisotopic (exact) mass is 516 g/mol. The van der Waals surface area contributed by atoms with Gasteiger partial charge >= 0.3 is 12.1 Å². The summed E-state index contributed by atoms with van der Waals surface area (Å²) in [5, 5.41) is 20.0. The highest BCUT2D eigenvalue weighted by atomic mass is 19.4. The quantitative estimate of drug-likeness (QED) is 0.423. The summed E-state index contributed by atoms with van der Waals surface area (Å²) in [5.74, 6) is -1.01. The summed E-state index contributed by atoms with van der Waals surface area (Å²) in [5.41, 5.74) is 4.33. The maximum Gasteiger partial charge on any atom is 0.490 e. The summed E-state index contributed by atoms with van der Waals surface area (Å²) in [6, 6.07) is 6.24. The third kappa shape index (κ3) is 4.67. The molecule has 1 saturated heterocycles. The number of alkyl halides is 3. The van der Waals surface area contributed by atoms with Gasteiger partial charge in [0.25, 0.3) is 0 Å². The van der Waals surface area contributed by atoms with Crippen LogP contribution in [0, 0.1) is 0 Å². The second-order valence-electron chi connectivity index (χ2n) is 8.52. The Balaban J connectivity index is 0.000000355. The van der Waals surface area contributed by atoms with Crippen molar-refractivity contribution in [2.75, 3.05) is 36.1 Å². The van der Waals surface area contributed by atoms with Crippen molar-refractivity contribution >= 4 is 34.2 Å². The van der Waals surface area contributed by atoms with Crippen molar-refractivity contribution in [3.63, 3.8) is 0 Å². The van der Waals surface area contributed by atoms with E-state index in [0.717, 1.165) is 47.9 Å². The summed E-state index contributed by atoms with van der Waals surface area (Å²) < 4.78 is 39.2. The molecule has 0 radical (unpaired) electrons. The molecule has 1 atom stereocenters. The smallest absolute Gasteiger partial charge is 0.475 e. The molecule has 0 amide bonds. The number of rotatable bonds is 3. The molecule has 0 spiro atoms. The van der Waals surface area contributed by atoms with Gasteiger partial charge in [0.05, 0.1) is 48.4 Å². The Morgan fingerprint density at radius 3 is 2.70 bits per heavy atom. The van der Waals surface area contributed by atoms with Crippen LogP contribution in [0.3, 0.4) is 0 Å². The van der Waals surface area contributed by atoms with Crippen LogP contribution in [0.25, 0.3) is 16.9 Å². The van der Waals surface area contributed by atoms with Crippen LogP contribution in [-0.2, 0) is 16.0 Å². The molecule has 2 N–H and O–H groups in total. The molecule has 0 saturated carbocycles. The number of carboxylic acids is 1. The fourth-order valence-corrected chi connectivity index (χ4v) is 4.52. The first-order chi connectivity index (χ1) is 17.8. The van der Waals surface area contributed by atoms with Gasteiger partial charge in [-0.15, -0.1) is 0 Å². The predicted octanol–water partition coefficient (Wildman–Crippen LogP) is 3.09. The number of halogens is 3. The highest BCUT2D eigenvalue weighted by molar-refractivity contribution is 5.98. The van der Waals surface area contributed by atoms with Crippen LogP contribution in [0.15, 0.2) is 43.0 Å². The number of nitrogens with zero attached hydrogens (tertiary/aromatic N) is 7. The summed E-state index contributed by atoms with van der Waals surface area (Å²) in [4.78, 5) is 23.1. The van der Waals surface area contributed by atoms with Gasteiger partial charge in [-0.2, -0.15) is 28.1 Å². The van der Waals surface area contributed by atoms with Crippen molar-refractivity contribution < 1.29 is 27.8 Å². The molecule has 0 unspecified atom stereocenters. The third-order valence-electron chi connectivity index (χ3n) is 6.16. The van der Waals surface area contributed by atoms with E-state index in [0.29, 0.717) is 13.2 Å². The van der Waals surface area contributed by atoms with Crippen molar-refractivity contribution in [2.24, 2.45) is 0 Å². The molecule has 0 aromatic carbocycles. The van der Waals surface area contributed by atoms with Crippen LogP contribution < -0.4 is 9.80 Å². The fourth-order valence-electron chi connectivity index (χ4n) is 4.52. The van der Waals surface area contributed by atoms with Crippen LogP contribution in [0.1, 0.15) is 12.5 Å². The first-order valence-electron chi connectivity index (χ1n) is 11.5. The lowest BCUT2D eigenvalue weighted by Crippen LogP contribution is -2.44. The number of fused-ring (bicyclic) bond motifs is 3. The fraction of sp³-hybridized carbons (Fsp3) is 0.348. The third-order valence-corrected chi connectivity index (χ3v) is 6.16. The van der Waals surface area contributed by atoms with Gasteiger partial charge in [-0.3, -0.25) is 10.1 Å². The Bertz CT molecular complexity index is 1390. The summed E-state index contributed by atoms with van der Waals surface area (Å²) in [6.45, 7) is 5.33. The predicted molar refractivity (Wildman–Crippen MR) is 127 cm³/mol. The largest absolute Gasteiger partial charge is 0.490 e. The minimum absolute atomic E-state index is 0.266. The number of nitrogens with one attached hydrogen (secondary N) is 1. The molecular weight excluding hydrogens is 493 g/mol. The number of ether oxygens (including phenoxy) is 1. The van der Waals surface area contributed by atoms with E-state index in [1.54, 1.807) is 17.1 Å². The first-order valence-corrected chi connectivity index (χ1v) is 11.5. The van der Waals surface area contributed by atoms with E-state index in [1.165, 1.54) is 11.3 Å². The van der Waals surface area contributed by atoms with E-state index in [9.17, 15) is 13.2 Å². The van der Waals surface area contributed by atoms with E-state index >= 15 is 0 Å². The van der Waals surface area contributed by atoms with E-state index in [4.69, 9.17) is 19.6 Å². The van der Waals surface area contributed by atoms with E-state index in [1.807, 2.05) is 24.5 Å². The number of carboxylic acid groups (broad SMARTS) is 1. The average molecular weight is 516 g/mol. The Morgan fingerprint density at radius 1 is 1.24 bits per heavy atom. The number of anilines is 3. The zero-order valence-corrected chi connectivity index (χ0v) is 19.7. The second-order valence-corrected chi connectivity index (χ2v) is 8.52. The minimum atomic E-state index is -5.08. The van der Waals surface area contributed by atoms with Gasteiger partial charge in [-0.1, -0.05) is 0 Å². The Kier molecular flexibility index (Phi) is 6.41. The number of aliphatic carboxylic acids is 1. The van der Waals surface area contributed by atoms with Gasteiger partial charge in [-0.25, -0.2) is 9.78 Å². The SMILES string of the molecule is C[C@@H]1COCCN1c1nc2c(cnn2-c2cc[nH]n2)c2c1CCN2c1cccnc1.O=C(O)C(F)(F)F. The average Bonchev–Trinajstić information content (AvgIpc) is 3.63. The number of morpholine rings is 1. The van der Waals surface area contributed by atoms with Gasteiger partial charge < -0.3 is 19.6 Å². The van der Waals surface area contributed by atoms with Crippen LogP contribution >= 0.6 is 0 Å². The van der Waals surface area contributed by atoms with Gasteiger partial charge in [0.2, 0.25) is 0 Å². The Morgan fingerprint density at radius 2 is 2.05 bits per heavy atom. The Hall–Kier alpha value is -4.20. The minimum Gasteiger partial charge on any atom is -0.475 e. The van der Waals surface area contributed by atoms with E-state index < -0.39 is 12.1 Å². The number of pyridine rings is 2. The van der Waals surface area contributed by atoms with Crippen LogP contribution in [0.2, 0.25) is 0 Å². The van der Waals surface area contributed by atoms with Crippen LogP contribution in [0.4, 0.5) is 30.4 Å². The number of hydrogen-bond acceptors (Lipinski definition) is 8. The van der Waals surface area contributed by atoms with Gasteiger partial charge in [0, 0.05) is 37.1 Å². The maximum absolute atomic E-state index is 10.6. The molecule has 6 heterocycles. The van der Waals surface area contributed by atoms with Crippen molar-refractivity contribution in [1.29, 1.82) is 0 Å². The van der Waals surface area contributed by atoms with Crippen molar-refractivity contribution in [3.8, 4) is 5.82 Å². The van der Waals surface area contributed by atoms with Crippen LogP contribution in [-0.4, -0.2) is 79.5 Å². The highest BCUT2D eigenvalue weighted by Gasteiger charge is 2.38. The standard InChI is InChI=1S/C21H22N8O.C2HF3O2/c1-14-13-30-10-9-27(14)20-16-5-8-28(15-3-2-6-22-11-15)19(16)17-12-24-29(21(17)25-20)18-4-7-23-26-18;3-2(4,5)1(6)7/h2-4,6-7,11-12,14H,5,8-10,13H2,1H3,(H,23,26);(H,6,7)/t14-;/m1./s1. The molecule has 0 aliphatic carbocycles. The molecule has 37 heavy (non-hydrogen) atoms. The molecule has 14 heteroatoms. The number of aromatic nitrogens is 6. The first kappa shape index (κ1) is 24.5. The van der Waals surface area contributed by atoms with Gasteiger partial charge in [0.1, 0.15) is 5.82 Å². The normalized spacial score (nSPS) is 17.5. The molecule has 2 aliphatic rings. The molecular formula is C23H23F3N8O3. The lowest BCUT2D eigenvalue weighted by atomic mass is 10.1. The van der Waals surface area contributed by atoms with Crippen LogP contribution in [0.5, 0.6) is 0 Å². The highest BCUT2D eigenvalue weighted by Crippen LogP contribution is 2.44. The van der Waals surface area contributed by atoms with Crippen molar-refractivity contribution in [3.05, 3.63) is 48.5 Å².